The number of halogens is 1. The van der Waals surface area contributed by atoms with Crippen LogP contribution in [0.2, 0.25) is 5.02 Å². The van der Waals surface area contributed by atoms with Crippen molar-refractivity contribution in [1.29, 1.82) is 0 Å². The molecule has 2 aliphatic rings. The zero-order chi connectivity index (χ0) is 16.3. The molecule has 2 unspecified atom stereocenters. The lowest BCUT2D eigenvalue weighted by Crippen LogP contribution is -2.51. The smallest absolute Gasteiger partial charge is 0.241 e. The number of hydrogen-bond donors (Lipinski definition) is 0. The molecule has 4 nitrogen and oxygen atoms in total. The second-order valence-corrected chi connectivity index (χ2v) is 7.13. The van der Waals surface area contributed by atoms with Crippen LogP contribution < -0.4 is 4.90 Å². The molecular weight excluding hydrogens is 302 g/mol. The zero-order valence-electron chi connectivity index (χ0n) is 12.9. The van der Waals surface area contributed by atoms with Gasteiger partial charge < -0.3 is 4.90 Å². The molecule has 2 bridgehead atoms. The topological polar surface area (TPSA) is 54.5 Å². The van der Waals surface area contributed by atoms with Crippen LogP contribution in [0.5, 0.6) is 0 Å². The van der Waals surface area contributed by atoms with Gasteiger partial charge in [-0.25, -0.2) is 0 Å². The van der Waals surface area contributed by atoms with Crippen LogP contribution in [0.25, 0.3) is 0 Å². The van der Waals surface area contributed by atoms with Gasteiger partial charge in [0.05, 0.1) is 10.7 Å². The van der Waals surface area contributed by atoms with Gasteiger partial charge in [0.1, 0.15) is 5.41 Å². The Morgan fingerprint density at radius 1 is 1.27 bits per heavy atom. The fourth-order valence-corrected chi connectivity index (χ4v) is 4.44. The predicted molar refractivity (Wildman–Crippen MR) is 83.8 cm³/mol. The summed E-state index contributed by atoms with van der Waals surface area (Å²) in [7, 11) is 1.61. The molecule has 0 N–H and O–H groups in total. The molecule has 5 heteroatoms. The minimum Gasteiger partial charge on any atom is -0.313 e. The highest BCUT2D eigenvalue weighted by atomic mass is 35.5. The fraction of sp³-hybridized carbons (Fsp3) is 0.471. The second kappa shape index (κ2) is 4.66. The number of para-hydroxylation sites is 1. The van der Waals surface area contributed by atoms with Gasteiger partial charge in [-0.15, -0.1) is 0 Å². The highest BCUT2D eigenvalue weighted by Gasteiger charge is 2.73. The normalized spacial score (nSPS) is 29.0. The van der Waals surface area contributed by atoms with Crippen molar-refractivity contribution < 1.29 is 14.4 Å². The van der Waals surface area contributed by atoms with E-state index in [2.05, 4.69) is 0 Å². The van der Waals surface area contributed by atoms with Crippen molar-refractivity contribution in [1.82, 2.24) is 0 Å². The number of rotatable bonds is 2. The van der Waals surface area contributed by atoms with E-state index in [1.54, 1.807) is 31.3 Å². The van der Waals surface area contributed by atoms with E-state index in [-0.39, 0.29) is 11.8 Å². The first-order valence-corrected chi connectivity index (χ1v) is 7.74. The monoisotopic (exact) mass is 319 g/mol. The van der Waals surface area contributed by atoms with E-state index >= 15 is 0 Å². The number of carbonyl (C=O) groups excluding carboxylic acids is 3. The van der Waals surface area contributed by atoms with Crippen molar-refractivity contribution in [2.75, 3.05) is 11.9 Å². The summed E-state index contributed by atoms with van der Waals surface area (Å²) in [6.45, 7) is 3.71. The summed E-state index contributed by atoms with van der Waals surface area (Å²) in [6, 6.07) is 7.00. The van der Waals surface area contributed by atoms with E-state index in [4.69, 9.17) is 11.6 Å². The van der Waals surface area contributed by atoms with Gasteiger partial charge in [0.2, 0.25) is 17.5 Å². The Labute approximate surface area is 134 Å². The van der Waals surface area contributed by atoms with Crippen LogP contribution in [0.15, 0.2) is 24.3 Å². The number of hydrogen-bond acceptors (Lipinski definition) is 3. The molecule has 2 atom stereocenters. The van der Waals surface area contributed by atoms with Crippen LogP contribution in [0.3, 0.4) is 0 Å². The molecular formula is C17H18ClNO3. The van der Waals surface area contributed by atoms with Gasteiger partial charge in [-0.3, -0.25) is 14.4 Å². The number of amides is 1. The second-order valence-electron chi connectivity index (χ2n) is 6.73. The number of fused-ring (bicyclic) bond motifs is 2. The molecule has 1 aromatic carbocycles. The van der Waals surface area contributed by atoms with Gasteiger partial charge in [0, 0.05) is 13.0 Å². The standard InChI is InChI=1S/C17H18ClNO3/c1-16(2)10-8-9-17(16,14(21)13(10)20)15(22)19(3)12-7-5-4-6-11(12)18/h4-7,10H,8-9H2,1-3H3. The molecule has 0 spiro atoms. The van der Waals surface area contributed by atoms with Gasteiger partial charge in [-0.05, 0) is 30.4 Å². The Bertz CT molecular complexity index is 697. The lowest BCUT2D eigenvalue weighted by atomic mass is 9.68. The molecule has 22 heavy (non-hydrogen) atoms. The van der Waals surface area contributed by atoms with Gasteiger partial charge in [0.25, 0.3) is 0 Å². The largest absolute Gasteiger partial charge is 0.313 e. The summed E-state index contributed by atoms with van der Waals surface area (Å²) in [5.74, 6) is -1.60. The molecule has 116 valence electrons. The van der Waals surface area contributed by atoms with Crippen molar-refractivity contribution >= 4 is 34.8 Å². The molecule has 2 aliphatic carbocycles. The maximum absolute atomic E-state index is 13.1. The molecule has 0 radical (unpaired) electrons. The van der Waals surface area contributed by atoms with Crippen LogP contribution in [0.4, 0.5) is 5.69 Å². The van der Waals surface area contributed by atoms with E-state index in [9.17, 15) is 14.4 Å². The van der Waals surface area contributed by atoms with Crippen molar-refractivity contribution in [2.45, 2.75) is 26.7 Å². The summed E-state index contributed by atoms with van der Waals surface area (Å²) in [4.78, 5) is 39.3. The number of ketones is 2. The Hall–Kier alpha value is -1.68. The van der Waals surface area contributed by atoms with Crippen LogP contribution >= 0.6 is 11.6 Å². The number of Topliss-reactive ketones (excluding diaryl/α,β-unsaturated/α-hetero) is 2. The van der Waals surface area contributed by atoms with E-state index in [0.29, 0.717) is 23.6 Å². The van der Waals surface area contributed by atoms with Crippen molar-refractivity contribution in [3.05, 3.63) is 29.3 Å². The van der Waals surface area contributed by atoms with Crippen LogP contribution in [-0.4, -0.2) is 24.5 Å². The van der Waals surface area contributed by atoms with Crippen molar-refractivity contribution in [3.8, 4) is 0 Å². The van der Waals surface area contributed by atoms with E-state index in [1.807, 2.05) is 13.8 Å². The highest BCUT2D eigenvalue weighted by Crippen LogP contribution is 2.63. The average Bonchev–Trinajstić information content (AvgIpc) is 2.83. The maximum atomic E-state index is 13.1. The third-order valence-electron chi connectivity index (χ3n) is 5.59. The zero-order valence-corrected chi connectivity index (χ0v) is 13.6. The molecule has 1 amide bonds. The third-order valence-corrected chi connectivity index (χ3v) is 5.91. The van der Waals surface area contributed by atoms with Crippen molar-refractivity contribution in [2.24, 2.45) is 16.7 Å². The van der Waals surface area contributed by atoms with E-state index in [0.717, 1.165) is 0 Å². The van der Waals surface area contributed by atoms with Crippen LogP contribution in [0.1, 0.15) is 26.7 Å². The van der Waals surface area contributed by atoms with E-state index in [1.165, 1.54) is 4.90 Å². The van der Waals surface area contributed by atoms with Gasteiger partial charge in [0.15, 0.2) is 0 Å². The summed E-state index contributed by atoms with van der Waals surface area (Å²) < 4.78 is 0. The summed E-state index contributed by atoms with van der Waals surface area (Å²) in [5, 5.41) is 0.443. The molecule has 2 fully saturated rings. The average molecular weight is 320 g/mol. The molecule has 0 saturated heterocycles. The summed E-state index contributed by atoms with van der Waals surface area (Å²) in [5.41, 5.74) is -1.34. The lowest BCUT2D eigenvalue weighted by molar-refractivity contribution is -0.147. The Morgan fingerprint density at radius 3 is 2.45 bits per heavy atom. The predicted octanol–water partition coefficient (Wildman–Crippen LogP) is 2.88. The molecule has 2 saturated carbocycles. The maximum Gasteiger partial charge on any atom is 0.241 e. The Morgan fingerprint density at radius 2 is 1.91 bits per heavy atom. The lowest BCUT2D eigenvalue weighted by Gasteiger charge is -2.37. The first-order chi connectivity index (χ1) is 10.2. The first kappa shape index (κ1) is 15.2. The number of benzene rings is 1. The Balaban J connectivity index is 2.07. The number of nitrogens with zero attached hydrogens (tertiary/aromatic N) is 1. The minimum absolute atomic E-state index is 0.330. The minimum atomic E-state index is -1.25. The van der Waals surface area contributed by atoms with Gasteiger partial charge >= 0.3 is 0 Å². The molecule has 0 aromatic heterocycles. The first-order valence-electron chi connectivity index (χ1n) is 7.36. The number of carbonyl (C=O) groups is 3. The third kappa shape index (κ3) is 1.62. The van der Waals surface area contributed by atoms with Crippen molar-refractivity contribution in [3.63, 3.8) is 0 Å². The van der Waals surface area contributed by atoms with Gasteiger partial charge in [-0.1, -0.05) is 37.6 Å². The molecule has 3 rings (SSSR count). The van der Waals surface area contributed by atoms with Crippen LogP contribution in [0, 0.1) is 16.7 Å². The summed E-state index contributed by atoms with van der Waals surface area (Å²) >= 11 is 6.16. The van der Waals surface area contributed by atoms with E-state index < -0.39 is 22.4 Å². The number of anilines is 1. The summed E-state index contributed by atoms with van der Waals surface area (Å²) in [6.07, 6.45) is 1.03. The fourth-order valence-electron chi connectivity index (χ4n) is 4.17. The molecule has 1 aromatic rings. The SMILES string of the molecule is CN(C(=O)C12CCC(C(=O)C1=O)C2(C)C)c1ccccc1Cl. The highest BCUT2D eigenvalue weighted by molar-refractivity contribution is 6.48. The quantitative estimate of drug-likeness (QED) is 0.622. The van der Waals surface area contributed by atoms with Crippen LogP contribution in [-0.2, 0) is 14.4 Å². The molecule has 0 heterocycles. The molecule has 0 aliphatic heterocycles. The van der Waals surface area contributed by atoms with Gasteiger partial charge in [-0.2, -0.15) is 0 Å². The Kier molecular flexibility index (Phi) is 3.22.